The van der Waals surface area contributed by atoms with E-state index in [4.69, 9.17) is 4.74 Å². The maximum absolute atomic E-state index is 13.5. The largest absolute Gasteiger partial charge is 0.507 e. The van der Waals surface area contributed by atoms with Crippen molar-refractivity contribution in [2.75, 3.05) is 12.0 Å². The molecule has 3 aromatic carbocycles. The van der Waals surface area contributed by atoms with Crippen LogP contribution in [0.15, 0.2) is 101 Å². The first kappa shape index (κ1) is 27.3. The van der Waals surface area contributed by atoms with Gasteiger partial charge in [-0.15, -0.1) is 10.2 Å². The van der Waals surface area contributed by atoms with Crippen molar-refractivity contribution in [3.8, 4) is 0 Å². The lowest BCUT2D eigenvalue weighted by atomic mass is 9.95. The van der Waals surface area contributed by atoms with Gasteiger partial charge in [0.1, 0.15) is 5.76 Å². The minimum Gasteiger partial charge on any atom is -0.507 e. The lowest BCUT2D eigenvalue weighted by Crippen LogP contribution is -2.29. The van der Waals surface area contributed by atoms with Crippen molar-refractivity contribution >= 4 is 62.4 Å². The Bertz CT molecular complexity index is 1850. The number of hydrogen-bond acceptors (Lipinski definition) is 10. The molecule has 1 atom stereocenters. The van der Waals surface area contributed by atoms with E-state index in [0.717, 1.165) is 16.3 Å². The molecule has 1 amide bonds. The van der Waals surface area contributed by atoms with Gasteiger partial charge in [-0.25, -0.2) is 4.79 Å². The molecule has 11 heteroatoms. The number of carbonyl (C=O) groups is 3. The van der Waals surface area contributed by atoms with Crippen molar-refractivity contribution in [2.24, 2.45) is 0 Å². The van der Waals surface area contributed by atoms with Crippen molar-refractivity contribution in [2.45, 2.75) is 16.1 Å². The number of hydrogen-bond donors (Lipinski definition) is 1. The van der Waals surface area contributed by atoms with E-state index in [-0.39, 0.29) is 16.5 Å². The highest BCUT2D eigenvalue weighted by atomic mass is 32.2. The van der Waals surface area contributed by atoms with E-state index in [1.807, 2.05) is 18.2 Å². The molecule has 42 heavy (non-hydrogen) atoms. The summed E-state index contributed by atoms with van der Waals surface area (Å²) in [6, 6.07) is 22.7. The molecule has 1 N–H and O–H groups in total. The molecule has 3 heterocycles. The molecule has 1 fully saturated rings. The number of pyridine rings is 1. The minimum absolute atomic E-state index is 0.0998. The second-order valence-electron chi connectivity index (χ2n) is 9.30. The number of amides is 1. The first-order valence-corrected chi connectivity index (χ1v) is 14.6. The summed E-state index contributed by atoms with van der Waals surface area (Å²) in [5.41, 5.74) is 2.17. The molecule has 0 radical (unpaired) electrons. The van der Waals surface area contributed by atoms with Crippen LogP contribution in [-0.2, 0) is 20.1 Å². The number of benzene rings is 3. The third-order valence-corrected chi connectivity index (χ3v) is 8.98. The van der Waals surface area contributed by atoms with E-state index in [0.29, 0.717) is 26.8 Å². The number of fused-ring (bicyclic) bond motifs is 1. The second kappa shape index (κ2) is 11.6. The van der Waals surface area contributed by atoms with E-state index in [2.05, 4.69) is 39.4 Å². The molecule has 1 saturated heterocycles. The van der Waals surface area contributed by atoms with E-state index < -0.39 is 23.7 Å². The van der Waals surface area contributed by atoms with Crippen LogP contribution < -0.4 is 4.90 Å². The Hall–Kier alpha value is -4.87. The van der Waals surface area contributed by atoms with Crippen LogP contribution in [0.3, 0.4) is 0 Å². The van der Waals surface area contributed by atoms with Crippen molar-refractivity contribution in [3.05, 3.63) is 119 Å². The Labute approximate surface area is 248 Å². The molecule has 6 rings (SSSR count). The third-order valence-electron chi connectivity index (χ3n) is 6.88. The van der Waals surface area contributed by atoms with Crippen LogP contribution in [0, 0.1) is 0 Å². The summed E-state index contributed by atoms with van der Waals surface area (Å²) in [5, 5.41) is 22.3. The van der Waals surface area contributed by atoms with Gasteiger partial charge in [0, 0.05) is 23.7 Å². The fraction of sp³-hybridized carbons (Fsp3) is 0.0968. The molecule has 0 aliphatic carbocycles. The molecule has 0 bridgehead atoms. The van der Waals surface area contributed by atoms with Crippen LogP contribution in [0.4, 0.5) is 5.13 Å². The van der Waals surface area contributed by atoms with Crippen molar-refractivity contribution < 1.29 is 24.2 Å². The van der Waals surface area contributed by atoms with Crippen molar-refractivity contribution in [1.29, 1.82) is 0 Å². The van der Waals surface area contributed by atoms with Gasteiger partial charge in [0.2, 0.25) is 5.13 Å². The number of rotatable bonds is 7. The fourth-order valence-corrected chi connectivity index (χ4v) is 6.72. The number of thioether (sulfide) groups is 1. The maximum atomic E-state index is 13.5. The Morgan fingerprint density at radius 1 is 0.952 bits per heavy atom. The molecule has 2 aromatic heterocycles. The Balaban J connectivity index is 1.37. The number of aliphatic hydroxyl groups is 1. The van der Waals surface area contributed by atoms with Crippen molar-refractivity contribution in [1.82, 2.24) is 15.2 Å². The number of aromatic nitrogens is 3. The first-order chi connectivity index (χ1) is 20.5. The van der Waals surface area contributed by atoms with Crippen LogP contribution in [0.1, 0.15) is 33.1 Å². The van der Waals surface area contributed by atoms with Crippen LogP contribution in [-0.4, -0.2) is 45.1 Å². The molecule has 1 aliphatic rings. The monoisotopic (exact) mass is 594 g/mol. The molecule has 1 aliphatic heterocycles. The van der Waals surface area contributed by atoms with Gasteiger partial charge in [-0.3, -0.25) is 19.5 Å². The predicted molar refractivity (Wildman–Crippen MR) is 160 cm³/mol. The minimum atomic E-state index is -1.01. The molecule has 0 spiro atoms. The average Bonchev–Trinajstić information content (AvgIpc) is 3.61. The summed E-state index contributed by atoms with van der Waals surface area (Å²) in [4.78, 5) is 44.1. The topological polar surface area (TPSA) is 123 Å². The number of nitrogens with zero attached hydrogens (tertiary/aromatic N) is 4. The van der Waals surface area contributed by atoms with E-state index in [1.54, 1.807) is 36.4 Å². The molecule has 0 saturated carbocycles. The summed E-state index contributed by atoms with van der Waals surface area (Å²) in [5.74, 6) is -1.92. The predicted octanol–water partition coefficient (Wildman–Crippen LogP) is 5.79. The van der Waals surface area contributed by atoms with E-state index in [9.17, 15) is 19.5 Å². The molecule has 208 valence electrons. The number of esters is 1. The van der Waals surface area contributed by atoms with Crippen LogP contribution in [0.5, 0.6) is 0 Å². The van der Waals surface area contributed by atoms with Gasteiger partial charge in [0.05, 0.1) is 24.3 Å². The Kier molecular flexibility index (Phi) is 7.51. The lowest BCUT2D eigenvalue weighted by molar-refractivity contribution is -0.132. The molecule has 1 unspecified atom stereocenters. The number of ketones is 1. The average molecular weight is 595 g/mol. The van der Waals surface area contributed by atoms with Gasteiger partial charge in [-0.05, 0) is 46.2 Å². The number of Topliss-reactive ketones (excluding diaryl/α,β-unsaturated/α-hetero) is 1. The zero-order valence-electron chi connectivity index (χ0n) is 22.1. The lowest BCUT2D eigenvalue weighted by Gasteiger charge is -2.22. The highest BCUT2D eigenvalue weighted by molar-refractivity contribution is 8.00. The number of carbonyl (C=O) groups excluding carboxylic acids is 3. The van der Waals surface area contributed by atoms with Gasteiger partial charge >= 0.3 is 11.9 Å². The van der Waals surface area contributed by atoms with E-state index >= 15 is 0 Å². The maximum Gasteiger partial charge on any atom is 0.337 e. The quantitative estimate of drug-likeness (QED) is 0.0623. The van der Waals surface area contributed by atoms with Gasteiger partial charge in [0.25, 0.3) is 5.78 Å². The summed E-state index contributed by atoms with van der Waals surface area (Å²) in [6.07, 6.45) is 2.96. The zero-order chi connectivity index (χ0) is 29.2. The summed E-state index contributed by atoms with van der Waals surface area (Å²) >= 11 is 2.67. The third kappa shape index (κ3) is 5.04. The first-order valence-electron chi connectivity index (χ1n) is 12.8. The van der Waals surface area contributed by atoms with Crippen molar-refractivity contribution in [3.63, 3.8) is 0 Å². The normalized spacial score (nSPS) is 16.2. The van der Waals surface area contributed by atoms with Crippen LogP contribution in [0.25, 0.3) is 16.5 Å². The fourth-order valence-electron chi connectivity index (χ4n) is 4.85. The van der Waals surface area contributed by atoms with Crippen LogP contribution in [0.2, 0.25) is 0 Å². The standard InChI is InChI=1S/C31H22N4O5S2/c1-40-29(39)21-11-9-19(10-12-21)25-24(26(36)20-13-15-32-16-14-20)27(37)28(38)35(25)30-33-34-31(42-30)41-17-22-7-4-6-18-5-2-3-8-23(18)22/h2-16,25,36H,17H2,1H3/b26-24+. The van der Waals surface area contributed by atoms with Crippen LogP contribution >= 0.6 is 23.1 Å². The Morgan fingerprint density at radius 3 is 2.45 bits per heavy atom. The van der Waals surface area contributed by atoms with Gasteiger partial charge < -0.3 is 9.84 Å². The molecular formula is C31H22N4O5S2. The Morgan fingerprint density at radius 2 is 1.69 bits per heavy atom. The summed E-state index contributed by atoms with van der Waals surface area (Å²) in [6.45, 7) is 0. The molecule has 5 aromatic rings. The smallest absolute Gasteiger partial charge is 0.337 e. The second-order valence-corrected chi connectivity index (χ2v) is 11.5. The van der Waals surface area contributed by atoms with Gasteiger partial charge in [-0.2, -0.15) is 0 Å². The summed E-state index contributed by atoms with van der Waals surface area (Å²) < 4.78 is 5.41. The molecule has 9 nitrogen and oxygen atoms in total. The van der Waals surface area contributed by atoms with Gasteiger partial charge in [0.15, 0.2) is 4.34 Å². The number of aliphatic hydroxyl groups excluding tert-OH is 1. The van der Waals surface area contributed by atoms with E-state index in [1.165, 1.54) is 47.5 Å². The highest BCUT2D eigenvalue weighted by Crippen LogP contribution is 2.44. The molecular weight excluding hydrogens is 572 g/mol. The summed E-state index contributed by atoms with van der Waals surface area (Å²) in [7, 11) is 1.28. The van der Waals surface area contributed by atoms with Gasteiger partial charge in [-0.1, -0.05) is 77.7 Å². The number of anilines is 1. The number of ether oxygens (including phenoxy) is 1. The highest BCUT2D eigenvalue weighted by Gasteiger charge is 2.48. The zero-order valence-corrected chi connectivity index (χ0v) is 23.8. The SMILES string of the molecule is COC(=O)c1ccc(C2/C(=C(\O)c3ccncc3)C(=O)C(=O)N2c2nnc(SCc3cccc4ccccc34)s2)cc1. The number of methoxy groups -OCH3 is 1.